The van der Waals surface area contributed by atoms with Crippen LogP contribution in [0.25, 0.3) is 0 Å². The van der Waals surface area contributed by atoms with E-state index in [1.807, 2.05) is 14.0 Å². The Bertz CT molecular complexity index is 436. The molecule has 1 rings (SSSR count). The molecule has 5 heteroatoms. The predicted octanol–water partition coefficient (Wildman–Crippen LogP) is 2.21. The Kier molecular flexibility index (Phi) is 8.28. The maximum absolute atomic E-state index is 12.0. The lowest BCUT2D eigenvalue weighted by Crippen LogP contribution is -2.30. The van der Waals surface area contributed by atoms with Gasteiger partial charge in [-0.05, 0) is 38.6 Å². The quantitative estimate of drug-likeness (QED) is 0.650. The SMILES string of the molecule is CCCCOc1ccc(C(=O)NCCNC)cc1OCC. The van der Waals surface area contributed by atoms with Crippen molar-refractivity contribution in [2.75, 3.05) is 33.4 Å². The summed E-state index contributed by atoms with van der Waals surface area (Å²) in [4.78, 5) is 12.0. The smallest absolute Gasteiger partial charge is 0.251 e. The van der Waals surface area contributed by atoms with Crippen LogP contribution in [0.5, 0.6) is 11.5 Å². The second kappa shape index (κ2) is 10.0. The summed E-state index contributed by atoms with van der Waals surface area (Å²) in [5, 5.41) is 5.83. The number of hydrogen-bond acceptors (Lipinski definition) is 4. The van der Waals surface area contributed by atoms with E-state index in [0.29, 0.717) is 36.8 Å². The lowest BCUT2D eigenvalue weighted by atomic mass is 10.2. The summed E-state index contributed by atoms with van der Waals surface area (Å²) in [6.45, 7) is 6.55. The summed E-state index contributed by atoms with van der Waals surface area (Å²) in [7, 11) is 1.85. The Hall–Kier alpha value is -1.75. The largest absolute Gasteiger partial charge is 0.490 e. The molecule has 118 valence electrons. The van der Waals surface area contributed by atoms with Gasteiger partial charge in [0.25, 0.3) is 5.91 Å². The van der Waals surface area contributed by atoms with Gasteiger partial charge in [-0.25, -0.2) is 0 Å². The van der Waals surface area contributed by atoms with Crippen molar-refractivity contribution in [2.45, 2.75) is 26.7 Å². The van der Waals surface area contributed by atoms with Crippen molar-refractivity contribution < 1.29 is 14.3 Å². The standard InChI is InChI=1S/C16H26N2O3/c1-4-6-11-21-14-8-7-13(12-15(14)20-5-2)16(19)18-10-9-17-3/h7-8,12,17H,4-6,9-11H2,1-3H3,(H,18,19). The highest BCUT2D eigenvalue weighted by molar-refractivity contribution is 5.94. The Morgan fingerprint density at radius 3 is 2.62 bits per heavy atom. The molecule has 0 heterocycles. The zero-order valence-electron chi connectivity index (χ0n) is 13.2. The molecule has 1 aromatic rings. The van der Waals surface area contributed by atoms with Gasteiger partial charge in [0.05, 0.1) is 13.2 Å². The summed E-state index contributed by atoms with van der Waals surface area (Å²) in [5.74, 6) is 1.21. The minimum Gasteiger partial charge on any atom is -0.490 e. The van der Waals surface area contributed by atoms with Gasteiger partial charge in [-0.1, -0.05) is 13.3 Å². The van der Waals surface area contributed by atoms with Gasteiger partial charge in [0.2, 0.25) is 0 Å². The van der Waals surface area contributed by atoms with Gasteiger partial charge >= 0.3 is 0 Å². The normalized spacial score (nSPS) is 10.2. The van der Waals surface area contributed by atoms with E-state index in [9.17, 15) is 4.79 Å². The molecule has 0 unspecified atom stereocenters. The summed E-state index contributed by atoms with van der Waals surface area (Å²) in [5.41, 5.74) is 0.581. The maximum Gasteiger partial charge on any atom is 0.251 e. The first-order valence-electron chi connectivity index (χ1n) is 7.55. The molecule has 21 heavy (non-hydrogen) atoms. The second-order valence-electron chi connectivity index (χ2n) is 4.66. The molecular weight excluding hydrogens is 268 g/mol. The van der Waals surface area contributed by atoms with E-state index in [1.165, 1.54) is 0 Å². The minimum atomic E-state index is -0.105. The molecule has 1 aromatic carbocycles. The summed E-state index contributed by atoms with van der Waals surface area (Å²) < 4.78 is 11.3. The van der Waals surface area contributed by atoms with E-state index >= 15 is 0 Å². The van der Waals surface area contributed by atoms with Crippen LogP contribution in [0.3, 0.4) is 0 Å². The average Bonchev–Trinajstić information content (AvgIpc) is 2.49. The summed E-state index contributed by atoms with van der Waals surface area (Å²) in [6, 6.07) is 5.30. The van der Waals surface area contributed by atoms with Crippen molar-refractivity contribution in [1.82, 2.24) is 10.6 Å². The lowest BCUT2D eigenvalue weighted by molar-refractivity contribution is 0.0953. The van der Waals surface area contributed by atoms with E-state index in [-0.39, 0.29) is 5.91 Å². The Balaban J connectivity index is 2.74. The van der Waals surface area contributed by atoms with E-state index in [2.05, 4.69) is 17.6 Å². The van der Waals surface area contributed by atoms with Gasteiger partial charge in [0.15, 0.2) is 11.5 Å². The second-order valence-corrected chi connectivity index (χ2v) is 4.66. The number of ether oxygens (including phenoxy) is 2. The lowest BCUT2D eigenvalue weighted by Gasteiger charge is -2.13. The van der Waals surface area contributed by atoms with Crippen LogP contribution < -0.4 is 20.1 Å². The molecule has 0 aliphatic heterocycles. The van der Waals surface area contributed by atoms with Crippen molar-refractivity contribution in [1.29, 1.82) is 0 Å². The van der Waals surface area contributed by atoms with Crippen LogP contribution in [0.2, 0.25) is 0 Å². The summed E-state index contributed by atoms with van der Waals surface area (Å²) >= 11 is 0. The molecular formula is C16H26N2O3. The van der Waals surface area contributed by atoms with Crippen LogP contribution in [0.15, 0.2) is 18.2 Å². The number of likely N-dealkylation sites (N-methyl/N-ethyl adjacent to an activating group) is 1. The zero-order valence-corrected chi connectivity index (χ0v) is 13.2. The fraction of sp³-hybridized carbons (Fsp3) is 0.562. The highest BCUT2D eigenvalue weighted by Crippen LogP contribution is 2.28. The molecule has 5 nitrogen and oxygen atoms in total. The van der Waals surface area contributed by atoms with E-state index in [4.69, 9.17) is 9.47 Å². The molecule has 0 bridgehead atoms. The molecule has 0 saturated heterocycles. The molecule has 0 aromatic heterocycles. The number of amides is 1. The number of nitrogens with one attached hydrogen (secondary N) is 2. The van der Waals surface area contributed by atoms with Crippen LogP contribution in [-0.4, -0.2) is 39.3 Å². The first kappa shape index (κ1) is 17.3. The highest BCUT2D eigenvalue weighted by atomic mass is 16.5. The number of unbranched alkanes of at least 4 members (excludes halogenated alkanes) is 1. The third-order valence-electron chi connectivity index (χ3n) is 2.92. The predicted molar refractivity (Wildman–Crippen MR) is 84.3 cm³/mol. The van der Waals surface area contributed by atoms with Crippen LogP contribution in [0.4, 0.5) is 0 Å². The first-order valence-corrected chi connectivity index (χ1v) is 7.55. The van der Waals surface area contributed by atoms with Gasteiger partial charge in [-0.15, -0.1) is 0 Å². The van der Waals surface area contributed by atoms with Crippen LogP contribution in [-0.2, 0) is 0 Å². The van der Waals surface area contributed by atoms with Gasteiger partial charge in [0, 0.05) is 18.7 Å². The third-order valence-corrected chi connectivity index (χ3v) is 2.92. The average molecular weight is 294 g/mol. The molecule has 0 radical (unpaired) electrons. The van der Waals surface area contributed by atoms with Crippen LogP contribution >= 0.6 is 0 Å². The van der Waals surface area contributed by atoms with Crippen LogP contribution in [0, 0.1) is 0 Å². The van der Waals surface area contributed by atoms with Crippen molar-refractivity contribution in [3.63, 3.8) is 0 Å². The van der Waals surface area contributed by atoms with Crippen molar-refractivity contribution in [3.8, 4) is 11.5 Å². The van der Waals surface area contributed by atoms with Crippen molar-refractivity contribution in [3.05, 3.63) is 23.8 Å². The molecule has 0 aliphatic rings. The molecule has 0 fully saturated rings. The zero-order chi connectivity index (χ0) is 15.5. The molecule has 0 aliphatic carbocycles. The molecule has 0 spiro atoms. The Morgan fingerprint density at radius 2 is 1.95 bits per heavy atom. The Morgan fingerprint density at radius 1 is 1.14 bits per heavy atom. The first-order chi connectivity index (χ1) is 10.2. The molecule has 1 amide bonds. The Labute approximate surface area is 127 Å². The van der Waals surface area contributed by atoms with E-state index in [0.717, 1.165) is 19.4 Å². The van der Waals surface area contributed by atoms with E-state index < -0.39 is 0 Å². The molecule has 0 atom stereocenters. The fourth-order valence-corrected chi connectivity index (χ4v) is 1.77. The number of benzene rings is 1. The van der Waals surface area contributed by atoms with Gasteiger partial charge in [-0.2, -0.15) is 0 Å². The van der Waals surface area contributed by atoms with Gasteiger partial charge in [0.1, 0.15) is 0 Å². The molecule has 0 saturated carbocycles. The number of hydrogen-bond donors (Lipinski definition) is 2. The third kappa shape index (κ3) is 6.04. The molecule has 2 N–H and O–H groups in total. The number of rotatable bonds is 10. The van der Waals surface area contributed by atoms with Crippen molar-refractivity contribution >= 4 is 5.91 Å². The van der Waals surface area contributed by atoms with Crippen molar-refractivity contribution in [2.24, 2.45) is 0 Å². The number of carbonyl (C=O) groups excluding carboxylic acids is 1. The van der Waals surface area contributed by atoms with Gasteiger partial charge < -0.3 is 20.1 Å². The number of carbonyl (C=O) groups is 1. The minimum absolute atomic E-state index is 0.105. The highest BCUT2D eigenvalue weighted by Gasteiger charge is 2.11. The topological polar surface area (TPSA) is 59.6 Å². The fourth-order valence-electron chi connectivity index (χ4n) is 1.77. The van der Waals surface area contributed by atoms with E-state index in [1.54, 1.807) is 18.2 Å². The van der Waals surface area contributed by atoms with Gasteiger partial charge in [-0.3, -0.25) is 4.79 Å². The summed E-state index contributed by atoms with van der Waals surface area (Å²) in [6.07, 6.45) is 2.08. The maximum atomic E-state index is 12.0. The monoisotopic (exact) mass is 294 g/mol. The van der Waals surface area contributed by atoms with Crippen LogP contribution in [0.1, 0.15) is 37.0 Å².